The summed E-state index contributed by atoms with van der Waals surface area (Å²) in [5, 5.41) is 10.9. The highest BCUT2D eigenvalue weighted by Gasteiger charge is 2.30. The fourth-order valence-corrected chi connectivity index (χ4v) is 2.83. The van der Waals surface area contributed by atoms with Gasteiger partial charge < -0.3 is 15.6 Å². The number of anilines is 1. The fourth-order valence-electron chi connectivity index (χ4n) is 2.83. The van der Waals surface area contributed by atoms with Crippen LogP contribution in [0, 0.1) is 5.92 Å². The third kappa shape index (κ3) is 2.80. The van der Waals surface area contributed by atoms with Crippen molar-refractivity contribution in [3.05, 3.63) is 30.6 Å². The van der Waals surface area contributed by atoms with Crippen molar-refractivity contribution in [3.8, 4) is 11.4 Å². The van der Waals surface area contributed by atoms with Crippen LogP contribution in [0.25, 0.3) is 11.4 Å². The van der Waals surface area contributed by atoms with Crippen molar-refractivity contribution in [1.29, 1.82) is 0 Å². The van der Waals surface area contributed by atoms with E-state index in [1.54, 1.807) is 6.33 Å². The minimum Gasteiger partial charge on any atom is -0.327 e. The van der Waals surface area contributed by atoms with Crippen LogP contribution in [0.4, 0.5) is 5.69 Å². The van der Waals surface area contributed by atoms with Crippen molar-refractivity contribution in [1.82, 2.24) is 14.8 Å². The molecule has 6 heteroatoms. The van der Waals surface area contributed by atoms with E-state index in [0.29, 0.717) is 0 Å². The molecule has 21 heavy (non-hydrogen) atoms. The summed E-state index contributed by atoms with van der Waals surface area (Å²) in [5.74, 6) is 0.697. The number of nitrogens with two attached hydrogens (primary N) is 1. The molecule has 1 fully saturated rings. The van der Waals surface area contributed by atoms with Gasteiger partial charge in [-0.25, -0.2) is 0 Å². The molecule has 0 radical (unpaired) electrons. The molecule has 6 nitrogen and oxygen atoms in total. The molecule has 1 aromatic heterocycles. The van der Waals surface area contributed by atoms with E-state index in [0.717, 1.165) is 36.3 Å². The molecule has 110 valence electrons. The molecule has 3 rings (SSSR count). The van der Waals surface area contributed by atoms with Gasteiger partial charge in [0.2, 0.25) is 5.91 Å². The van der Waals surface area contributed by atoms with Crippen molar-refractivity contribution in [2.75, 3.05) is 5.32 Å². The molecular formula is C15H19N5O. The summed E-state index contributed by atoms with van der Waals surface area (Å²) in [6.45, 7) is 0. The van der Waals surface area contributed by atoms with Gasteiger partial charge in [-0.3, -0.25) is 4.79 Å². The second-order valence-corrected chi connectivity index (χ2v) is 5.54. The van der Waals surface area contributed by atoms with Crippen LogP contribution in [0.3, 0.4) is 0 Å². The molecule has 0 aliphatic heterocycles. The molecule has 3 N–H and O–H groups in total. The van der Waals surface area contributed by atoms with E-state index < -0.39 is 0 Å². The summed E-state index contributed by atoms with van der Waals surface area (Å²) < 4.78 is 1.84. The van der Waals surface area contributed by atoms with Gasteiger partial charge in [0.25, 0.3) is 0 Å². The van der Waals surface area contributed by atoms with Crippen LogP contribution in [0.1, 0.15) is 19.3 Å². The molecule has 1 aliphatic rings. The van der Waals surface area contributed by atoms with E-state index in [-0.39, 0.29) is 17.9 Å². The molecule has 2 unspecified atom stereocenters. The maximum Gasteiger partial charge on any atom is 0.229 e. The molecule has 1 heterocycles. The number of hydrogen-bond acceptors (Lipinski definition) is 4. The Morgan fingerprint density at radius 1 is 1.43 bits per heavy atom. The van der Waals surface area contributed by atoms with Gasteiger partial charge in [-0.05, 0) is 25.0 Å². The van der Waals surface area contributed by atoms with Gasteiger partial charge in [-0.1, -0.05) is 18.6 Å². The van der Waals surface area contributed by atoms with Crippen molar-refractivity contribution in [2.45, 2.75) is 25.3 Å². The van der Waals surface area contributed by atoms with Gasteiger partial charge in [0.1, 0.15) is 6.33 Å². The van der Waals surface area contributed by atoms with E-state index in [1.165, 1.54) is 0 Å². The summed E-state index contributed by atoms with van der Waals surface area (Å²) in [5.41, 5.74) is 7.66. The summed E-state index contributed by atoms with van der Waals surface area (Å²) in [7, 11) is 1.89. The molecule has 1 saturated carbocycles. The van der Waals surface area contributed by atoms with Crippen molar-refractivity contribution >= 4 is 11.6 Å². The van der Waals surface area contributed by atoms with Gasteiger partial charge in [-0.15, -0.1) is 10.2 Å². The number of aryl methyl sites for hydroxylation is 1. The van der Waals surface area contributed by atoms with Crippen molar-refractivity contribution < 1.29 is 4.79 Å². The smallest absolute Gasteiger partial charge is 0.229 e. The second kappa shape index (κ2) is 5.65. The zero-order chi connectivity index (χ0) is 14.8. The lowest BCUT2D eigenvalue weighted by Crippen LogP contribution is -2.34. The maximum absolute atomic E-state index is 12.3. The monoisotopic (exact) mass is 285 g/mol. The topological polar surface area (TPSA) is 85.8 Å². The summed E-state index contributed by atoms with van der Waals surface area (Å²) in [6, 6.07) is 7.60. The van der Waals surface area contributed by atoms with Crippen LogP contribution in [0.5, 0.6) is 0 Å². The molecule has 1 aliphatic carbocycles. The van der Waals surface area contributed by atoms with Gasteiger partial charge in [-0.2, -0.15) is 0 Å². The quantitative estimate of drug-likeness (QED) is 0.896. The van der Waals surface area contributed by atoms with Crippen molar-refractivity contribution in [2.24, 2.45) is 18.7 Å². The highest BCUT2D eigenvalue weighted by atomic mass is 16.1. The Hall–Kier alpha value is -2.21. The van der Waals surface area contributed by atoms with Gasteiger partial charge in [0.05, 0.1) is 5.92 Å². The van der Waals surface area contributed by atoms with Gasteiger partial charge in [0, 0.05) is 24.3 Å². The number of nitrogens with zero attached hydrogens (tertiary/aromatic N) is 3. The molecule has 2 aromatic rings. The third-order valence-corrected chi connectivity index (χ3v) is 4.01. The Morgan fingerprint density at radius 2 is 2.29 bits per heavy atom. The summed E-state index contributed by atoms with van der Waals surface area (Å²) in [4.78, 5) is 12.3. The van der Waals surface area contributed by atoms with Crippen LogP contribution in [-0.4, -0.2) is 26.7 Å². The largest absolute Gasteiger partial charge is 0.327 e. The lowest BCUT2D eigenvalue weighted by molar-refractivity contribution is -0.120. The molecule has 0 bridgehead atoms. The third-order valence-electron chi connectivity index (χ3n) is 4.01. The lowest BCUT2D eigenvalue weighted by Gasteiger charge is -2.15. The zero-order valence-electron chi connectivity index (χ0n) is 12.0. The standard InChI is InChI=1S/C15H19N5O/c1-20-9-17-19-14(20)10-4-2-5-11(8-10)18-15(21)12-6-3-7-13(12)16/h2,4-5,8-9,12-13H,3,6-7,16H2,1H3,(H,18,21). The molecule has 0 spiro atoms. The minimum atomic E-state index is -0.0801. The van der Waals surface area contributed by atoms with Crippen LogP contribution >= 0.6 is 0 Å². The zero-order valence-corrected chi connectivity index (χ0v) is 12.0. The van der Waals surface area contributed by atoms with Gasteiger partial charge in [0.15, 0.2) is 5.82 Å². The average molecular weight is 285 g/mol. The molecule has 0 saturated heterocycles. The molecular weight excluding hydrogens is 266 g/mol. The first-order valence-electron chi connectivity index (χ1n) is 7.16. The highest BCUT2D eigenvalue weighted by Crippen LogP contribution is 2.26. The van der Waals surface area contributed by atoms with Crippen LogP contribution < -0.4 is 11.1 Å². The van der Waals surface area contributed by atoms with Crippen LogP contribution in [0.15, 0.2) is 30.6 Å². The van der Waals surface area contributed by atoms with E-state index in [9.17, 15) is 4.79 Å². The van der Waals surface area contributed by atoms with E-state index >= 15 is 0 Å². The first-order chi connectivity index (χ1) is 10.1. The number of carbonyl (C=O) groups excluding carboxylic acids is 1. The van der Waals surface area contributed by atoms with Crippen molar-refractivity contribution in [3.63, 3.8) is 0 Å². The van der Waals surface area contributed by atoms with Crippen LogP contribution in [-0.2, 0) is 11.8 Å². The Morgan fingerprint density at radius 3 is 2.95 bits per heavy atom. The summed E-state index contributed by atoms with van der Waals surface area (Å²) in [6.07, 6.45) is 4.48. The molecule has 1 amide bonds. The van der Waals surface area contributed by atoms with E-state index in [2.05, 4.69) is 15.5 Å². The van der Waals surface area contributed by atoms with Gasteiger partial charge >= 0.3 is 0 Å². The second-order valence-electron chi connectivity index (χ2n) is 5.54. The first kappa shape index (κ1) is 13.8. The number of amides is 1. The normalized spacial score (nSPS) is 21.4. The lowest BCUT2D eigenvalue weighted by atomic mass is 10.0. The number of hydrogen-bond donors (Lipinski definition) is 2. The fraction of sp³-hybridized carbons (Fsp3) is 0.400. The number of nitrogens with one attached hydrogen (secondary N) is 1. The number of carbonyl (C=O) groups is 1. The Labute approximate surface area is 123 Å². The number of aromatic nitrogens is 3. The predicted octanol–water partition coefficient (Wildman–Crippen LogP) is 1.55. The van der Waals surface area contributed by atoms with E-state index in [4.69, 9.17) is 5.73 Å². The average Bonchev–Trinajstić information content (AvgIpc) is 3.07. The Balaban J connectivity index is 1.77. The highest BCUT2D eigenvalue weighted by molar-refractivity contribution is 5.93. The first-order valence-corrected chi connectivity index (χ1v) is 7.16. The van der Waals surface area contributed by atoms with Crippen LogP contribution in [0.2, 0.25) is 0 Å². The SMILES string of the molecule is Cn1cnnc1-c1cccc(NC(=O)C2CCCC2N)c1. The molecule has 2 atom stereocenters. The maximum atomic E-state index is 12.3. The Kier molecular flexibility index (Phi) is 3.70. The number of rotatable bonds is 3. The minimum absolute atomic E-state index is 0.00937. The predicted molar refractivity (Wildman–Crippen MR) is 80.4 cm³/mol. The Bertz CT molecular complexity index is 651. The summed E-state index contributed by atoms with van der Waals surface area (Å²) >= 11 is 0. The number of benzene rings is 1. The molecule has 1 aromatic carbocycles. The van der Waals surface area contributed by atoms with E-state index in [1.807, 2.05) is 35.9 Å².